The van der Waals surface area contributed by atoms with Crippen LogP contribution in [0.1, 0.15) is 32.4 Å². The molecule has 1 N–H and O–H groups in total. The average molecular weight is 207 g/mol. The molecular weight excluding hydrogens is 186 g/mol. The molecule has 15 heavy (non-hydrogen) atoms. The van der Waals surface area contributed by atoms with Gasteiger partial charge in [0.2, 0.25) is 0 Å². The van der Waals surface area contributed by atoms with Crippen LogP contribution in [-0.4, -0.2) is 29.1 Å². The van der Waals surface area contributed by atoms with Crippen molar-refractivity contribution >= 4 is 0 Å². The van der Waals surface area contributed by atoms with Gasteiger partial charge < -0.3 is 5.11 Å². The number of hydrogen-bond acceptors (Lipinski definition) is 2. The molecule has 0 bridgehead atoms. The van der Waals surface area contributed by atoms with Crippen molar-refractivity contribution in [2.24, 2.45) is 0 Å². The molecule has 0 aliphatic rings. The molecule has 0 saturated heterocycles. The summed E-state index contributed by atoms with van der Waals surface area (Å²) in [6, 6.07) is 9.79. The molecule has 0 heterocycles. The third-order valence-corrected chi connectivity index (χ3v) is 2.78. The Bertz CT molecular complexity index is 289. The van der Waals surface area contributed by atoms with Crippen molar-refractivity contribution in [3.05, 3.63) is 35.9 Å². The Morgan fingerprint density at radius 3 is 2.20 bits per heavy atom. The lowest BCUT2D eigenvalue weighted by Gasteiger charge is -2.33. The highest BCUT2D eigenvalue weighted by molar-refractivity contribution is 5.17. The Morgan fingerprint density at radius 2 is 1.73 bits per heavy atom. The van der Waals surface area contributed by atoms with E-state index in [0.29, 0.717) is 6.54 Å². The maximum atomic E-state index is 10.0. The van der Waals surface area contributed by atoms with Gasteiger partial charge in [-0.15, -0.1) is 0 Å². The minimum atomic E-state index is -0.407. The summed E-state index contributed by atoms with van der Waals surface area (Å²) in [7, 11) is 2.03. The van der Waals surface area contributed by atoms with Gasteiger partial charge in [0.1, 0.15) is 0 Å². The first-order valence-electron chi connectivity index (χ1n) is 5.35. The molecule has 1 aromatic rings. The Labute approximate surface area is 92.5 Å². The van der Waals surface area contributed by atoms with Crippen LogP contribution in [0.4, 0.5) is 0 Å². The Hall–Kier alpha value is -0.860. The van der Waals surface area contributed by atoms with Crippen molar-refractivity contribution in [3.63, 3.8) is 0 Å². The molecule has 0 spiro atoms. The van der Waals surface area contributed by atoms with Crippen LogP contribution < -0.4 is 0 Å². The van der Waals surface area contributed by atoms with Crippen molar-refractivity contribution in [2.45, 2.75) is 32.4 Å². The van der Waals surface area contributed by atoms with E-state index in [9.17, 15) is 5.11 Å². The van der Waals surface area contributed by atoms with E-state index in [-0.39, 0.29) is 5.54 Å². The number of hydrogen-bond donors (Lipinski definition) is 1. The maximum Gasteiger partial charge on any atom is 0.0917 e. The van der Waals surface area contributed by atoms with Gasteiger partial charge in [-0.3, -0.25) is 4.90 Å². The van der Waals surface area contributed by atoms with Gasteiger partial charge in [0.05, 0.1) is 6.10 Å². The zero-order valence-electron chi connectivity index (χ0n) is 10.1. The molecule has 1 aromatic carbocycles. The molecule has 0 saturated carbocycles. The normalized spacial score (nSPS) is 14.3. The predicted octanol–water partition coefficient (Wildman–Crippen LogP) is 2.45. The molecule has 84 valence electrons. The summed E-state index contributed by atoms with van der Waals surface area (Å²) in [5, 5.41) is 10.0. The van der Waals surface area contributed by atoms with Gasteiger partial charge in [0.25, 0.3) is 0 Å². The first-order chi connectivity index (χ1) is 6.91. The van der Waals surface area contributed by atoms with E-state index in [0.717, 1.165) is 5.56 Å². The highest BCUT2D eigenvalue weighted by Gasteiger charge is 2.20. The smallest absolute Gasteiger partial charge is 0.0917 e. The third kappa shape index (κ3) is 3.65. The van der Waals surface area contributed by atoms with Gasteiger partial charge >= 0.3 is 0 Å². The highest BCUT2D eigenvalue weighted by Crippen LogP contribution is 2.18. The molecular formula is C13H21NO. The lowest BCUT2D eigenvalue weighted by Crippen LogP contribution is -2.40. The van der Waals surface area contributed by atoms with Gasteiger partial charge in [-0.1, -0.05) is 30.3 Å². The largest absolute Gasteiger partial charge is 0.387 e. The van der Waals surface area contributed by atoms with Crippen LogP contribution in [0.15, 0.2) is 30.3 Å². The van der Waals surface area contributed by atoms with E-state index in [1.165, 1.54) is 0 Å². The second-order valence-electron chi connectivity index (χ2n) is 4.98. The SMILES string of the molecule is CN(C[C@H](O)c1ccccc1)C(C)(C)C. The van der Waals surface area contributed by atoms with Crippen LogP contribution in [-0.2, 0) is 0 Å². The molecule has 0 fully saturated rings. The molecule has 2 heteroatoms. The zero-order chi connectivity index (χ0) is 11.5. The zero-order valence-corrected chi connectivity index (χ0v) is 10.1. The lowest BCUT2D eigenvalue weighted by molar-refractivity contribution is 0.0789. The predicted molar refractivity (Wildman–Crippen MR) is 63.8 cm³/mol. The molecule has 0 amide bonds. The van der Waals surface area contributed by atoms with Crippen molar-refractivity contribution in [3.8, 4) is 0 Å². The van der Waals surface area contributed by atoms with E-state index in [4.69, 9.17) is 0 Å². The molecule has 0 aliphatic carbocycles. The molecule has 1 atom stereocenters. The van der Waals surface area contributed by atoms with Crippen molar-refractivity contribution in [2.75, 3.05) is 13.6 Å². The fourth-order valence-corrected chi connectivity index (χ4v) is 1.31. The van der Waals surface area contributed by atoms with E-state index < -0.39 is 6.10 Å². The van der Waals surface area contributed by atoms with Crippen LogP contribution in [0.25, 0.3) is 0 Å². The monoisotopic (exact) mass is 207 g/mol. The summed E-state index contributed by atoms with van der Waals surface area (Å²) in [6.07, 6.45) is -0.407. The van der Waals surface area contributed by atoms with Gasteiger partial charge in [0.15, 0.2) is 0 Å². The number of aliphatic hydroxyl groups excluding tert-OH is 1. The maximum absolute atomic E-state index is 10.0. The third-order valence-electron chi connectivity index (χ3n) is 2.78. The van der Waals surface area contributed by atoms with Gasteiger partial charge in [-0.2, -0.15) is 0 Å². The van der Waals surface area contributed by atoms with Gasteiger partial charge in [-0.25, -0.2) is 0 Å². The van der Waals surface area contributed by atoms with Crippen molar-refractivity contribution in [1.29, 1.82) is 0 Å². The number of benzene rings is 1. The van der Waals surface area contributed by atoms with Gasteiger partial charge in [-0.05, 0) is 33.4 Å². The Kier molecular flexibility index (Phi) is 3.89. The highest BCUT2D eigenvalue weighted by atomic mass is 16.3. The first kappa shape index (κ1) is 12.2. The molecule has 0 unspecified atom stereocenters. The van der Waals surface area contributed by atoms with E-state index in [2.05, 4.69) is 25.7 Å². The van der Waals surface area contributed by atoms with Crippen molar-refractivity contribution < 1.29 is 5.11 Å². The molecule has 0 aliphatic heterocycles. The van der Waals surface area contributed by atoms with Crippen molar-refractivity contribution in [1.82, 2.24) is 4.90 Å². The Balaban J connectivity index is 2.61. The second-order valence-corrected chi connectivity index (χ2v) is 4.98. The summed E-state index contributed by atoms with van der Waals surface area (Å²) in [6.45, 7) is 7.09. The molecule has 0 aromatic heterocycles. The van der Waals surface area contributed by atoms with E-state index >= 15 is 0 Å². The Morgan fingerprint density at radius 1 is 1.20 bits per heavy atom. The summed E-state index contributed by atoms with van der Waals surface area (Å²) in [5.41, 5.74) is 1.07. The van der Waals surface area contributed by atoms with E-state index in [1.807, 2.05) is 37.4 Å². The number of aliphatic hydroxyl groups is 1. The van der Waals surface area contributed by atoms with Gasteiger partial charge in [0, 0.05) is 12.1 Å². The van der Waals surface area contributed by atoms with Crippen LogP contribution >= 0.6 is 0 Å². The average Bonchev–Trinajstić information content (AvgIpc) is 2.17. The minimum Gasteiger partial charge on any atom is -0.387 e. The fourth-order valence-electron chi connectivity index (χ4n) is 1.31. The van der Waals surface area contributed by atoms with Crippen LogP contribution in [0.3, 0.4) is 0 Å². The molecule has 1 rings (SSSR count). The summed E-state index contributed by atoms with van der Waals surface area (Å²) in [4.78, 5) is 2.16. The quantitative estimate of drug-likeness (QED) is 0.823. The second kappa shape index (κ2) is 4.77. The summed E-state index contributed by atoms with van der Waals surface area (Å²) >= 11 is 0. The van der Waals surface area contributed by atoms with E-state index in [1.54, 1.807) is 0 Å². The number of β-amino-alcohol motifs (C(OH)–C–C–N with tert-alkyl or cyclic N) is 1. The van der Waals surface area contributed by atoms with Crippen LogP contribution in [0.5, 0.6) is 0 Å². The minimum absolute atomic E-state index is 0.0930. The van der Waals surface area contributed by atoms with Crippen LogP contribution in [0, 0.1) is 0 Å². The number of nitrogens with zero attached hydrogens (tertiary/aromatic N) is 1. The van der Waals surface area contributed by atoms with Crippen LogP contribution in [0.2, 0.25) is 0 Å². The molecule has 2 nitrogen and oxygen atoms in total. The summed E-state index contributed by atoms with van der Waals surface area (Å²) in [5.74, 6) is 0. The number of likely N-dealkylation sites (N-methyl/N-ethyl adjacent to an activating group) is 1. The lowest BCUT2D eigenvalue weighted by atomic mass is 10.0. The fraction of sp³-hybridized carbons (Fsp3) is 0.538. The number of rotatable bonds is 3. The first-order valence-corrected chi connectivity index (χ1v) is 5.35. The molecule has 0 radical (unpaired) electrons. The summed E-state index contributed by atoms with van der Waals surface area (Å²) < 4.78 is 0. The topological polar surface area (TPSA) is 23.5 Å². The standard InChI is InChI=1S/C13H21NO/c1-13(2,3)14(4)10-12(15)11-8-6-5-7-9-11/h5-9,12,15H,10H2,1-4H3/t12-/m0/s1.